The van der Waals surface area contributed by atoms with Crippen LogP contribution in [-0.4, -0.2) is 16.8 Å². The zero-order chi connectivity index (χ0) is 17.1. The number of nitrogens with one attached hydrogen (secondary N) is 2. The Balaban J connectivity index is 2.35. The summed E-state index contributed by atoms with van der Waals surface area (Å²) in [6, 6.07) is 11.1. The standard InChI is InChI=1S/C12H14N4O5S2/c13-15-22(17,18)10-7-5-9(6-8-10)21-11-3-1-2-4-12(11)23(19,20)16-14/h1-8,15-16H,13-14H2. The maximum absolute atomic E-state index is 11.8. The number of hydrazine groups is 2. The Bertz CT molecular complexity index is 895. The van der Waals surface area contributed by atoms with Gasteiger partial charge in [0.05, 0.1) is 4.90 Å². The Morgan fingerprint density at radius 2 is 1.35 bits per heavy atom. The van der Waals surface area contributed by atoms with E-state index in [4.69, 9.17) is 16.4 Å². The van der Waals surface area contributed by atoms with E-state index in [1.54, 1.807) is 15.7 Å². The van der Waals surface area contributed by atoms with Gasteiger partial charge >= 0.3 is 0 Å². The van der Waals surface area contributed by atoms with Gasteiger partial charge in [0.15, 0.2) is 0 Å². The lowest BCUT2D eigenvalue weighted by Gasteiger charge is -2.11. The third-order valence-electron chi connectivity index (χ3n) is 2.81. The van der Waals surface area contributed by atoms with Gasteiger partial charge in [-0.15, -0.1) is 4.83 Å². The van der Waals surface area contributed by atoms with Gasteiger partial charge in [0.1, 0.15) is 16.4 Å². The van der Waals surface area contributed by atoms with Crippen LogP contribution in [0.2, 0.25) is 0 Å². The van der Waals surface area contributed by atoms with E-state index in [1.165, 1.54) is 42.5 Å². The van der Waals surface area contributed by atoms with Crippen molar-refractivity contribution in [3.8, 4) is 11.5 Å². The van der Waals surface area contributed by atoms with E-state index >= 15 is 0 Å². The van der Waals surface area contributed by atoms with Crippen LogP contribution in [-0.2, 0) is 20.0 Å². The summed E-state index contributed by atoms with van der Waals surface area (Å²) in [5, 5.41) is 0. The molecule has 0 aliphatic carbocycles. The minimum absolute atomic E-state index is 0.0398. The molecule has 0 aliphatic rings. The van der Waals surface area contributed by atoms with Gasteiger partial charge in [0.2, 0.25) is 0 Å². The molecule has 0 saturated heterocycles. The summed E-state index contributed by atoms with van der Waals surface area (Å²) in [4.78, 5) is 3.20. The molecule has 0 radical (unpaired) electrons. The average Bonchev–Trinajstić information content (AvgIpc) is 2.56. The van der Waals surface area contributed by atoms with Crippen molar-refractivity contribution in [2.24, 2.45) is 11.7 Å². The number of ether oxygens (including phenoxy) is 1. The molecular weight excluding hydrogens is 344 g/mol. The van der Waals surface area contributed by atoms with Crippen molar-refractivity contribution >= 4 is 20.0 Å². The molecule has 6 N–H and O–H groups in total. The van der Waals surface area contributed by atoms with E-state index in [0.29, 0.717) is 0 Å². The highest BCUT2D eigenvalue weighted by molar-refractivity contribution is 7.89. The average molecular weight is 358 g/mol. The summed E-state index contributed by atoms with van der Waals surface area (Å²) in [5.74, 6) is 10.2. The number of rotatable bonds is 6. The lowest BCUT2D eigenvalue weighted by atomic mass is 10.3. The number of sulfonamides is 2. The van der Waals surface area contributed by atoms with E-state index in [-0.39, 0.29) is 21.3 Å². The first kappa shape index (κ1) is 17.3. The third-order valence-corrected chi connectivity index (χ3v) is 5.24. The Labute approximate surface area is 133 Å². The summed E-state index contributed by atoms with van der Waals surface area (Å²) in [6.07, 6.45) is 0. The largest absolute Gasteiger partial charge is 0.456 e. The zero-order valence-corrected chi connectivity index (χ0v) is 13.3. The minimum Gasteiger partial charge on any atom is -0.456 e. The molecule has 0 unspecified atom stereocenters. The van der Waals surface area contributed by atoms with Crippen LogP contribution in [0.15, 0.2) is 58.3 Å². The first-order valence-electron chi connectivity index (χ1n) is 6.12. The van der Waals surface area contributed by atoms with Crippen LogP contribution in [0.3, 0.4) is 0 Å². The Morgan fingerprint density at radius 3 is 1.91 bits per heavy atom. The summed E-state index contributed by atoms with van der Waals surface area (Å²) in [6.45, 7) is 0. The van der Waals surface area contributed by atoms with Gasteiger partial charge in [0, 0.05) is 0 Å². The van der Waals surface area contributed by atoms with E-state index in [1.807, 2.05) is 0 Å². The lowest BCUT2D eigenvalue weighted by Crippen LogP contribution is -2.30. The molecule has 0 fully saturated rings. The van der Waals surface area contributed by atoms with Crippen molar-refractivity contribution in [2.45, 2.75) is 9.79 Å². The minimum atomic E-state index is -3.90. The van der Waals surface area contributed by atoms with Crippen LogP contribution in [0, 0.1) is 0 Å². The van der Waals surface area contributed by atoms with Gasteiger partial charge < -0.3 is 4.74 Å². The first-order valence-corrected chi connectivity index (χ1v) is 9.08. The molecule has 0 spiro atoms. The Morgan fingerprint density at radius 1 is 0.783 bits per heavy atom. The highest BCUT2D eigenvalue weighted by atomic mass is 32.2. The van der Waals surface area contributed by atoms with Gasteiger partial charge in [0.25, 0.3) is 20.0 Å². The van der Waals surface area contributed by atoms with Crippen molar-refractivity contribution in [1.82, 2.24) is 9.66 Å². The molecule has 0 heterocycles. The molecule has 0 aromatic heterocycles. The monoisotopic (exact) mass is 358 g/mol. The summed E-state index contributed by atoms with van der Waals surface area (Å²) < 4.78 is 52.1. The summed E-state index contributed by atoms with van der Waals surface area (Å²) in [5.41, 5.74) is 0. The molecule has 0 aliphatic heterocycles. The van der Waals surface area contributed by atoms with Crippen molar-refractivity contribution in [3.63, 3.8) is 0 Å². The second-order valence-corrected chi connectivity index (χ2v) is 7.66. The van der Waals surface area contributed by atoms with Crippen molar-refractivity contribution in [2.75, 3.05) is 0 Å². The molecule has 9 nitrogen and oxygen atoms in total. The van der Waals surface area contributed by atoms with Gasteiger partial charge in [-0.05, 0) is 36.4 Å². The van der Waals surface area contributed by atoms with Gasteiger partial charge in [-0.3, -0.25) is 11.7 Å². The molecular formula is C12H14N4O5S2. The van der Waals surface area contributed by atoms with Crippen LogP contribution in [0.1, 0.15) is 0 Å². The van der Waals surface area contributed by atoms with Crippen molar-refractivity contribution < 1.29 is 21.6 Å². The van der Waals surface area contributed by atoms with Crippen LogP contribution in [0.5, 0.6) is 11.5 Å². The third kappa shape index (κ3) is 3.85. The molecule has 0 saturated carbocycles. The lowest BCUT2D eigenvalue weighted by molar-refractivity contribution is 0.466. The molecule has 0 atom stereocenters. The molecule has 124 valence electrons. The summed E-state index contributed by atoms with van der Waals surface area (Å²) in [7, 11) is -7.68. The fraction of sp³-hybridized carbons (Fsp3) is 0. The molecule has 2 rings (SSSR count). The van der Waals surface area contributed by atoms with Crippen LogP contribution in [0.4, 0.5) is 0 Å². The molecule has 23 heavy (non-hydrogen) atoms. The fourth-order valence-electron chi connectivity index (χ4n) is 1.70. The summed E-state index contributed by atoms with van der Waals surface area (Å²) >= 11 is 0. The maximum Gasteiger partial charge on any atom is 0.256 e. The van der Waals surface area contributed by atoms with Crippen LogP contribution < -0.4 is 26.1 Å². The molecule has 2 aromatic rings. The predicted molar refractivity (Wildman–Crippen MR) is 82.0 cm³/mol. The Hall–Kier alpha value is -2.02. The number of nitrogens with two attached hydrogens (primary N) is 2. The van der Waals surface area contributed by atoms with Gasteiger partial charge in [-0.25, -0.2) is 16.8 Å². The predicted octanol–water partition coefficient (Wildman–Crippen LogP) is -0.217. The number of benzene rings is 2. The highest BCUT2D eigenvalue weighted by Crippen LogP contribution is 2.28. The SMILES string of the molecule is NNS(=O)(=O)c1ccc(Oc2ccccc2S(=O)(=O)NN)cc1. The van der Waals surface area contributed by atoms with Gasteiger partial charge in [-0.2, -0.15) is 4.83 Å². The fourth-order valence-corrected chi connectivity index (χ4v) is 3.09. The smallest absolute Gasteiger partial charge is 0.256 e. The number of hydrogen-bond acceptors (Lipinski definition) is 7. The maximum atomic E-state index is 11.8. The second kappa shape index (κ2) is 6.62. The number of para-hydroxylation sites is 1. The second-order valence-electron chi connectivity index (χ2n) is 4.26. The van der Waals surface area contributed by atoms with Gasteiger partial charge in [-0.1, -0.05) is 12.1 Å². The van der Waals surface area contributed by atoms with E-state index < -0.39 is 20.0 Å². The first-order chi connectivity index (χ1) is 10.8. The van der Waals surface area contributed by atoms with Crippen LogP contribution >= 0.6 is 0 Å². The van der Waals surface area contributed by atoms with Crippen molar-refractivity contribution in [1.29, 1.82) is 0 Å². The van der Waals surface area contributed by atoms with Crippen molar-refractivity contribution in [3.05, 3.63) is 48.5 Å². The number of hydrogen-bond donors (Lipinski definition) is 4. The Kier molecular flexibility index (Phi) is 4.99. The van der Waals surface area contributed by atoms with E-state index in [0.717, 1.165) is 0 Å². The zero-order valence-electron chi connectivity index (χ0n) is 11.6. The molecule has 0 amide bonds. The highest BCUT2D eigenvalue weighted by Gasteiger charge is 2.18. The topological polar surface area (TPSA) is 154 Å². The van der Waals surface area contributed by atoms with Crippen LogP contribution in [0.25, 0.3) is 0 Å². The quantitative estimate of drug-likeness (QED) is 0.411. The normalized spacial score (nSPS) is 12.1. The molecule has 11 heteroatoms. The molecule has 0 bridgehead atoms. The van der Waals surface area contributed by atoms with E-state index in [9.17, 15) is 16.8 Å². The van der Waals surface area contributed by atoms with E-state index in [2.05, 4.69) is 0 Å². The molecule has 2 aromatic carbocycles.